The van der Waals surface area contributed by atoms with Crippen LogP contribution in [-0.4, -0.2) is 29.0 Å². The van der Waals surface area contributed by atoms with Crippen LogP contribution in [0.4, 0.5) is 5.82 Å². The van der Waals surface area contributed by atoms with Crippen LogP contribution in [0.5, 0.6) is 0 Å². The summed E-state index contributed by atoms with van der Waals surface area (Å²) in [5.74, 6) is 1.05. The van der Waals surface area contributed by atoms with Gasteiger partial charge in [0.25, 0.3) is 5.91 Å². The molecule has 1 fully saturated rings. The standard InChI is InChI=1S/C23H26N4OS/c1-27(13-15-7-9-16(10-8-15)22(28)26-17-11-12-17)21-20-18-5-3-2-4-6-19(18)29-23(20)25-14-24-21/h7-10,14,17H,2-6,11-13H2,1H3,(H,26,28). The number of amides is 1. The Morgan fingerprint density at radius 2 is 1.93 bits per heavy atom. The smallest absolute Gasteiger partial charge is 0.251 e. The number of benzene rings is 1. The van der Waals surface area contributed by atoms with Crippen molar-refractivity contribution in [1.82, 2.24) is 15.3 Å². The highest BCUT2D eigenvalue weighted by molar-refractivity contribution is 7.18. The van der Waals surface area contributed by atoms with E-state index in [0.717, 1.165) is 42.0 Å². The Hall–Kier alpha value is -2.47. The number of nitrogens with one attached hydrogen (secondary N) is 1. The maximum atomic E-state index is 12.2. The van der Waals surface area contributed by atoms with Gasteiger partial charge in [0.05, 0.1) is 5.39 Å². The third kappa shape index (κ3) is 3.86. The summed E-state index contributed by atoms with van der Waals surface area (Å²) in [6.45, 7) is 0.751. The van der Waals surface area contributed by atoms with Gasteiger partial charge in [-0.2, -0.15) is 0 Å². The van der Waals surface area contributed by atoms with E-state index in [9.17, 15) is 4.79 Å². The number of aromatic nitrogens is 2. The summed E-state index contributed by atoms with van der Waals surface area (Å²) < 4.78 is 0. The van der Waals surface area contributed by atoms with E-state index < -0.39 is 0 Å². The minimum atomic E-state index is 0.0332. The molecule has 2 aromatic heterocycles. The van der Waals surface area contributed by atoms with Gasteiger partial charge in [0.1, 0.15) is 17.0 Å². The van der Waals surface area contributed by atoms with Gasteiger partial charge in [0, 0.05) is 30.1 Å². The number of aryl methyl sites for hydroxylation is 2. The Morgan fingerprint density at radius 3 is 2.72 bits per heavy atom. The second-order valence-corrected chi connectivity index (χ2v) is 9.33. The molecule has 1 amide bonds. The number of nitrogens with zero attached hydrogens (tertiary/aromatic N) is 3. The minimum Gasteiger partial charge on any atom is -0.355 e. The zero-order valence-corrected chi connectivity index (χ0v) is 17.6. The summed E-state index contributed by atoms with van der Waals surface area (Å²) in [7, 11) is 2.09. The van der Waals surface area contributed by atoms with Crippen molar-refractivity contribution in [2.45, 2.75) is 57.5 Å². The summed E-state index contributed by atoms with van der Waals surface area (Å²) in [5, 5.41) is 4.29. The van der Waals surface area contributed by atoms with E-state index in [1.807, 2.05) is 35.6 Å². The van der Waals surface area contributed by atoms with Gasteiger partial charge >= 0.3 is 0 Å². The van der Waals surface area contributed by atoms with Gasteiger partial charge in [-0.1, -0.05) is 18.6 Å². The SMILES string of the molecule is CN(Cc1ccc(C(=O)NC2CC2)cc1)c1ncnc2sc3c(c12)CCCCC3. The summed E-state index contributed by atoms with van der Waals surface area (Å²) in [6, 6.07) is 8.32. The number of carbonyl (C=O) groups is 1. The van der Waals surface area contributed by atoms with Gasteiger partial charge in [0.2, 0.25) is 0 Å². The molecule has 0 atom stereocenters. The Bertz CT molecular complexity index is 1040. The van der Waals surface area contributed by atoms with Crippen LogP contribution in [-0.2, 0) is 19.4 Å². The summed E-state index contributed by atoms with van der Waals surface area (Å²) in [5.41, 5.74) is 3.37. The predicted octanol–water partition coefficient (Wildman–Crippen LogP) is 4.49. The first-order valence-electron chi connectivity index (χ1n) is 10.6. The van der Waals surface area contributed by atoms with Gasteiger partial charge in [0.15, 0.2) is 0 Å². The van der Waals surface area contributed by atoms with Crippen molar-refractivity contribution in [3.05, 3.63) is 52.2 Å². The number of fused-ring (bicyclic) bond motifs is 3. The fourth-order valence-corrected chi connectivity index (χ4v) is 5.37. The largest absolute Gasteiger partial charge is 0.355 e. The van der Waals surface area contributed by atoms with E-state index in [0.29, 0.717) is 6.04 Å². The molecule has 2 aliphatic rings. The lowest BCUT2D eigenvalue weighted by atomic mass is 10.1. The molecule has 5 rings (SSSR count). The molecule has 0 unspecified atom stereocenters. The van der Waals surface area contributed by atoms with Crippen LogP contribution in [0.2, 0.25) is 0 Å². The molecule has 1 saturated carbocycles. The van der Waals surface area contributed by atoms with E-state index >= 15 is 0 Å². The molecule has 0 bridgehead atoms. The third-order valence-electron chi connectivity index (χ3n) is 5.89. The Balaban J connectivity index is 1.38. The molecule has 2 heterocycles. The van der Waals surface area contributed by atoms with E-state index in [1.165, 1.54) is 47.1 Å². The molecule has 29 heavy (non-hydrogen) atoms. The van der Waals surface area contributed by atoms with Crippen LogP contribution >= 0.6 is 11.3 Å². The van der Waals surface area contributed by atoms with Crippen LogP contribution in [0.1, 0.15) is 58.5 Å². The first-order chi connectivity index (χ1) is 14.2. The van der Waals surface area contributed by atoms with Crippen molar-refractivity contribution < 1.29 is 4.79 Å². The van der Waals surface area contributed by atoms with Crippen LogP contribution in [0.3, 0.4) is 0 Å². The van der Waals surface area contributed by atoms with Crippen molar-refractivity contribution in [3.63, 3.8) is 0 Å². The van der Waals surface area contributed by atoms with E-state index in [-0.39, 0.29) is 5.91 Å². The number of anilines is 1. The highest BCUT2D eigenvalue weighted by Gasteiger charge is 2.24. The number of hydrogen-bond donors (Lipinski definition) is 1. The van der Waals surface area contributed by atoms with Crippen molar-refractivity contribution in [2.24, 2.45) is 0 Å². The van der Waals surface area contributed by atoms with Crippen LogP contribution in [0.25, 0.3) is 10.2 Å². The van der Waals surface area contributed by atoms with E-state index in [4.69, 9.17) is 0 Å². The van der Waals surface area contributed by atoms with E-state index in [2.05, 4.69) is 27.2 Å². The molecule has 6 heteroatoms. The van der Waals surface area contributed by atoms with Crippen LogP contribution < -0.4 is 10.2 Å². The Kier molecular flexibility index (Phi) is 4.96. The number of hydrogen-bond acceptors (Lipinski definition) is 5. The maximum Gasteiger partial charge on any atom is 0.251 e. The summed E-state index contributed by atoms with van der Waals surface area (Å²) in [6.07, 6.45) is 10.0. The molecule has 0 spiro atoms. The fraction of sp³-hybridized carbons (Fsp3) is 0.435. The van der Waals surface area contributed by atoms with Crippen LogP contribution in [0, 0.1) is 0 Å². The van der Waals surface area contributed by atoms with Gasteiger partial charge in [-0.25, -0.2) is 9.97 Å². The molecule has 3 aromatic rings. The van der Waals surface area contributed by atoms with Crippen molar-refractivity contribution in [3.8, 4) is 0 Å². The zero-order chi connectivity index (χ0) is 19.8. The lowest BCUT2D eigenvalue weighted by Crippen LogP contribution is -2.25. The van der Waals surface area contributed by atoms with Gasteiger partial charge < -0.3 is 10.2 Å². The third-order valence-corrected chi connectivity index (χ3v) is 7.09. The fourth-order valence-electron chi connectivity index (χ4n) is 4.15. The maximum absolute atomic E-state index is 12.2. The predicted molar refractivity (Wildman–Crippen MR) is 118 cm³/mol. The first kappa shape index (κ1) is 18.6. The molecular formula is C23H26N4OS. The van der Waals surface area contributed by atoms with Gasteiger partial charge in [-0.05, 0) is 61.8 Å². The average Bonchev–Trinajstić information content (AvgIpc) is 3.51. The monoisotopic (exact) mass is 406 g/mol. The quantitative estimate of drug-likeness (QED) is 0.634. The Labute approximate surface area is 175 Å². The first-order valence-corrected chi connectivity index (χ1v) is 11.4. The number of thiophene rings is 1. The molecule has 0 aliphatic heterocycles. The van der Waals surface area contributed by atoms with Gasteiger partial charge in [-0.15, -0.1) is 11.3 Å². The van der Waals surface area contributed by atoms with Crippen LogP contribution in [0.15, 0.2) is 30.6 Å². The highest BCUT2D eigenvalue weighted by Crippen LogP contribution is 2.38. The second-order valence-electron chi connectivity index (χ2n) is 8.24. The number of rotatable bonds is 5. The summed E-state index contributed by atoms with van der Waals surface area (Å²) >= 11 is 1.84. The number of carbonyl (C=O) groups excluding carboxylic acids is 1. The summed E-state index contributed by atoms with van der Waals surface area (Å²) in [4.78, 5) is 26.2. The molecule has 0 radical (unpaired) electrons. The van der Waals surface area contributed by atoms with Crippen molar-refractivity contribution >= 4 is 33.3 Å². The van der Waals surface area contributed by atoms with Crippen molar-refractivity contribution in [2.75, 3.05) is 11.9 Å². The molecule has 1 aromatic carbocycles. The lowest BCUT2D eigenvalue weighted by molar-refractivity contribution is 0.0951. The normalized spacial score (nSPS) is 16.3. The van der Waals surface area contributed by atoms with E-state index in [1.54, 1.807) is 6.33 Å². The highest BCUT2D eigenvalue weighted by atomic mass is 32.1. The molecular weight excluding hydrogens is 380 g/mol. The lowest BCUT2D eigenvalue weighted by Gasteiger charge is -2.20. The zero-order valence-electron chi connectivity index (χ0n) is 16.8. The van der Waals surface area contributed by atoms with Gasteiger partial charge in [-0.3, -0.25) is 4.79 Å². The molecule has 0 saturated heterocycles. The minimum absolute atomic E-state index is 0.0332. The second kappa shape index (κ2) is 7.75. The molecule has 2 aliphatic carbocycles. The molecule has 1 N–H and O–H groups in total. The Morgan fingerprint density at radius 1 is 1.14 bits per heavy atom. The average molecular weight is 407 g/mol. The van der Waals surface area contributed by atoms with Crippen molar-refractivity contribution in [1.29, 1.82) is 0 Å². The molecule has 5 nitrogen and oxygen atoms in total. The topological polar surface area (TPSA) is 58.1 Å². The molecule has 150 valence electrons.